The fourth-order valence-corrected chi connectivity index (χ4v) is 6.75. The van der Waals surface area contributed by atoms with Crippen LogP contribution in [0.1, 0.15) is 81.5 Å². The van der Waals surface area contributed by atoms with Crippen molar-refractivity contribution in [2.75, 3.05) is 19.6 Å². The number of hydrogen-bond donors (Lipinski definition) is 4. The zero-order valence-electron chi connectivity index (χ0n) is 27.1. The van der Waals surface area contributed by atoms with Gasteiger partial charge in [0.15, 0.2) is 0 Å². The van der Waals surface area contributed by atoms with Gasteiger partial charge >= 0.3 is 0 Å². The molecule has 2 aromatic carbocycles. The van der Waals surface area contributed by atoms with E-state index in [1.165, 1.54) is 0 Å². The molecule has 5 atom stereocenters. The predicted molar refractivity (Wildman–Crippen MR) is 179 cm³/mol. The number of aliphatic imine (C=N–C) groups is 1. The van der Waals surface area contributed by atoms with Crippen LogP contribution in [-0.4, -0.2) is 77.1 Å². The molecule has 0 radical (unpaired) electrons. The van der Waals surface area contributed by atoms with E-state index in [0.29, 0.717) is 31.9 Å². The number of likely N-dealkylation sites (tertiary alicyclic amines) is 2. The van der Waals surface area contributed by atoms with Gasteiger partial charge in [0, 0.05) is 37.5 Å². The molecule has 4 fully saturated rings. The molecule has 11 nitrogen and oxygen atoms in total. The summed E-state index contributed by atoms with van der Waals surface area (Å²) in [6.45, 7) is 3.62. The number of carbonyl (C=O) groups excluding carboxylic acids is 4. The first kappa shape index (κ1) is 32.7. The fourth-order valence-electron chi connectivity index (χ4n) is 6.75. The van der Waals surface area contributed by atoms with Gasteiger partial charge in [-0.3, -0.25) is 29.5 Å². The Balaban J connectivity index is 1.08. The minimum Gasteiger partial charge on any atom is -0.386 e. The molecule has 2 aliphatic carbocycles. The molecule has 47 heavy (non-hydrogen) atoms. The van der Waals surface area contributed by atoms with Crippen molar-refractivity contribution >= 4 is 29.5 Å². The summed E-state index contributed by atoms with van der Waals surface area (Å²) in [4.78, 5) is 61.6. The summed E-state index contributed by atoms with van der Waals surface area (Å²) >= 11 is 0. The smallest absolute Gasteiger partial charge is 0.250 e. The van der Waals surface area contributed by atoms with Crippen molar-refractivity contribution in [1.82, 2.24) is 25.8 Å². The van der Waals surface area contributed by atoms with E-state index in [-0.39, 0.29) is 53.7 Å². The van der Waals surface area contributed by atoms with E-state index in [9.17, 15) is 19.2 Å². The van der Waals surface area contributed by atoms with E-state index in [0.717, 1.165) is 56.1 Å². The zero-order chi connectivity index (χ0) is 32.9. The highest BCUT2D eigenvalue weighted by atomic mass is 16.2. The Hall–Kier alpha value is -4.25. The lowest BCUT2D eigenvalue weighted by molar-refractivity contribution is -0.137. The number of hydrogen-bond acceptors (Lipinski definition) is 6. The van der Waals surface area contributed by atoms with Gasteiger partial charge in [-0.25, -0.2) is 0 Å². The summed E-state index contributed by atoms with van der Waals surface area (Å²) in [6.07, 6.45) is 6.34. The molecule has 250 valence electrons. The van der Waals surface area contributed by atoms with E-state index >= 15 is 0 Å². The Morgan fingerprint density at radius 3 is 1.77 bits per heavy atom. The highest BCUT2D eigenvalue weighted by molar-refractivity contribution is 5.95. The molecule has 4 amide bonds. The maximum atomic E-state index is 13.9. The van der Waals surface area contributed by atoms with Crippen LogP contribution < -0.4 is 21.7 Å². The van der Waals surface area contributed by atoms with Gasteiger partial charge in [0.25, 0.3) is 0 Å². The van der Waals surface area contributed by atoms with Crippen LogP contribution in [0.3, 0.4) is 0 Å². The fraction of sp³-hybridized carbons (Fsp3) is 0.528. The molecule has 2 heterocycles. The maximum absolute atomic E-state index is 13.9. The summed E-state index contributed by atoms with van der Waals surface area (Å²) in [6, 6.07) is 16.9. The highest BCUT2D eigenvalue weighted by Gasteiger charge is 2.40. The monoisotopic (exact) mass is 641 g/mol. The molecular weight excluding hydrogens is 594 g/mol. The zero-order valence-corrected chi connectivity index (χ0v) is 27.1. The number of benzene rings is 2. The number of nitrogens with zero attached hydrogens (tertiary/aromatic N) is 3. The van der Waals surface area contributed by atoms with E-state index < -0.39 is 12.1 Å². The van der Waals surface area contributed by atoms with Crippen molar-refractivity contribution in [2.24, 2.45) is 22.6 Å². The van der Waals surface area contributed by atoms with E-state index in [4.69, 9.17) is 10.7 Å². The molecule has 2 unspecified atom stereocenters. The summed E-state index contributed by atoms with van der Waals surface area (Å²) < 4.78 is 0. The van der Waals surface area contributed by atoms with Crippen molar-refractivity contribution in [3.05, 3.63) is 71.8 Å². The SMILES string of the molecule is CC(N=C(N)[C@@H]1CCCN1C(=O)[C@H](NC(=O)C1CC1)c1ccccc1)NCC1CCCN1C(=O)[C@H](NC(=O)C1CC1)c1ccccc1. The first-order valence-corrected chi connectivity index (χ1v) is 17.2. The lowest BCUT2D eigenvalue weighted by Crippen LogP contribution is -2.50. The van der Waals surface area contributed by atoms with Gasteiger partial charge < -0.3 is 26.2 Å². The van der Waals surface area contributed by atoms with Crippen LogP contribution in [0.25, 0.3) is 0 Å². The second-order valence-corrected chi connectivity index (χ2v) is 13.4. The van der Waals surface area contributed by atoms with E-state index in [1.807, 2.05) is 72.5 Å². The molecule has 2 aliphatic heterocycles. The standard InChI is InChI=1S/C36H47N7O4/c1-23(38-22-28-14-8-20-42(28)35(46)30(24-10-4-2-5-11-24)40-33(44)26-16-17-26)39-32(37)29-15-9-21-43(29)36(47)31(25-12-6-3-7-13-25)41-34(45)27-18-19-27/h2-7,10-13,23,26-31,38H,8-9,14-22H2,1H3,(H2,37,39)(H,40,44)(H,41,45)/t23?,28?,29-,30+,31+/m0/s1. The minimum absolute atomic E-state index is 0.00558. The Labute approximate surface area is 276 Å². The molecular formula is C36H47N7O4. The molecule has 2 saturated carbocycles. The normalized spacial score (nSPS) is 23.2. The third-order valence-electron chi connectivity index (χ3n) is 9.76. The first-order valence-electron chi connectivity index (χ1n) is 17.2. The Bertz CT molecular complexity index is 1460. The Kier molecular flexibility index (Phi) is 10.2. The summed E-state index contributed by atoms with van der Waals surface area (Å²) in [5.41, 5.74) is 8.10. The Morgan fingerprint density at radius 1 is 0.745 bits per heavy atom. The Morgan fingerprint density at radius 2 is 1.23 bits per heavy atom. The van der Waals surface area contributed by atoms with Crippen molar-refractivity contribution < 1.29 is 19.2 Å². The second kappa shape index (κ2) is 14.7. The molecule has 0 spiro atoms. The molecule has 0 aromatic heterocycles. The quantitative estimate of drug-likeness (QED) is 0.195. The van der Waals surface area contributed by atoms with Gasteiger partial charge in [-0.15, -0.1) is 0 Å². The molecule has 4 aliphatic rings. The van der Waals surface area contributed by atoms with Crippen molar-refractivity contribution in [3.8, 4) is 0 Å². The lowest BCUT2D eigenvalue weighted by atomic mass is 10.0. The number of rotatable bonds is 13. The molecule has 2 saturated heterocycles. The van der Waals surface area contributed by atoms with Crippen LogP contribution in [0.15, 0.2) is 65.7 Å². The second-order valence-electron chi connectivity index (χ2n) is 13.4. The molecule has 2 aromatic rings. The van der Waals surface area contributed by atoms with Gasteiger partial charge in [0.2, 0.25) is 23.6 Å². The number of nitrogens with one attached hydrogen (secondary N) is 3. The van der Waals surface area contributed by atoms with Crippen LogP contribution in [0.2, 0.25) is 0 Å². The summed E-state index contributed by atoms with van der Waals surface area (Å²) in [5.74, 6) is -0.0332. The average Bonchev–Trinajstić information content (AvgIpc) is 4.02. The van der Waals surface area contributed by atoms with Crippen LogP contribution in [-0.2, 0) is 19.2 Å². The number of amidine groups is 1. The molecule has 5 N–H and O–H groups in total. The predicted octanol–water partition coefficient (Wildman–Crippen LogP) is 2.80. The van der Waals surface area contributed by atoms with Crippen LogP contribution in [0.4, 0.5) is 0 Å². The van der Waals surface area contributed by atoms with Crippen LogP contribution in [0.5, 0.6) is 0 Å². The maximum Gasteiger partial charge on any atom is 0.250 e. The number of amides is 4. The van der Waals surface area contributed by atoms with Crippen LogP contribution in [0, 0.1) is 11.8 Å². The third kappa shape index (κ3) is 8.01. The average molecular weight is 642 g/mol. The minimum atomic E-state index is -0.770. The van der Waals surface area contributed by atoms with Crippen molar-refractivity contribution in [2.45, 2.75) is 88.6 Å². The summed E-state index contributed by atoms with van der Waals surface area (Å²) in [5, 5.41) is 9.46. The van der Waals surface area contributed by atoms with Crippen LogP contribution >= 0.6 is 0 Å². The molecule has 0 bridgehead atoms. The van der Waals surface area contributed by atoms with Gasteiger partial charge in [-0.1, -0.05) is 60.7 Å². The van der Waals surface area contributed by atoms with Gasteiger partial charge in [-0.2, -0.15) is 0 Å². The van der Waals surface area contributed by atoms with E-state index in [2.05, 4.69) is 16.0 Å². The van der Waals surface area contributed by atoms with Gasteiger partial charge in [0.05, 0.1) is 12.2 Å². The largest absolute Gasteiger partial charge is 0.386 e. The van der Waals surface area contributed by atoms with Crippen molar-refractivity contribution in [3.63, 3.8) is 0 Å². The topological polar surface area (TPSA) is 149 Å². The summed E-state index contributed by atoms with van der Waals surface area (Å²) in [7, 11) is 0. The third-order valence-corrected chi connectivity index (χ3v) is 9.76. The number of nitrogens with two attached hydrogens (primary N) is 1. The first-order chi connectivity index (χ1) is 22.8. The van der Waals surface area contributed by atoms with Gasteiger partial charge in [-0.05, 0) is 69.4 Å². The number of carbonyl (C=O) groups is 4. The van der Waals surface area contributed by atoms with Crippen molar-refractivity contribution in [1.29, 1.82) is 0 Å². The van der Waals surface area contributed by atoms with Gasteiger partial charge in [0.1, 0.15) is 17.9 Å². The van der Waals surface area contributed by atoms with E-state index in [1.54, 1.807) is 4.90 Å². The molecule has 6 rings (SSSR count). The molecule has 11 heteroatoms. The highest BCUT2D eigenvalue weighted by Crippen LogP contribution is 2.32. The lowest BCUT2D eigenvalue weighted by Gasteiger charge is -2.31.